The molecule has 8 nitrogen and oxygen atoms in total. The minimum Gasteiger partial charge on any atom is -0.276 e. The van der Waals surface area contributed by atoms with Crippen molar-refractivity contribution in [2.24, 2.45) is 0 Å². The number of para-hydroxylation sites is 1. The predicted molar refractivity (Wildman–Crippen MR) is 123 cm³/mol. The van der Waals surface area contributed by atoms with Gasteiger partial charge in [0.2, 0.25) is 10.5 Å². The van der Waals surface area contributed by atoms with Crippen LogP contribution in [0.4, 0.5) is 0 Å². The lowest BCUT2D eigenvalue weighted by molar-refractivity contribution is 0.723. The number of fused-ring (bicyclic) bond motifs is 1. The van der Waals surface area contributed by atoms with Crippen LogP contribution in [-0.4, -0.2) is 28.9 Å². The summed E-state index contributed by atoms with van der Waals surface area (Å²) < 4.78 is 5.09. The van der Waals surface area contributed by atoms with Gasteiger partial charge in [0, 0.05) is 23.9 Å². The molecule has 9 heteroatoms. The summed E-state index contributed by atoms with van der Waals surface area (Å²) in [6, 6.07) is 21.4. The van der Waals surface area contributed by atoms with Gasteiger partial charge in [-0.3, -0.25) is 13.8 Å². The smallest absolute Gasteiger partial charge is 0.273 e. The highest BCUT2D eigenvalue weighted by Gasteiger charge is 2.24. The lowest BCUT2D eigenvalue weighted by Gasteiger charge is -2.11. The Morgan fingerprint density at radius 3 is 2.44 bits per heavy atom. The highest BCUT2D eigenvalue weighted by Crippen LogP contribution is 2.33. The largest absolute Gasteiger partial charge is 0.276 e. The topological polar surface area (TPSA) is 96.7 Å². The Kier molecular flexibility index (Phi) is 4.77. The van der Waals surface area contributed by atoms with Crippen LogP contribution in [0.5, 0.6) is 0 Å². The number of rotatable bonds is 4. The highest BCUT2D eigenvalue weighted by atomic mass is 32.1. The van der Waals surface area contributed by atoms with Crippen molar-refractivity contribution in [3.05, 3.63) is 87.5 Å². The quantitative estimate of drug-likeness (QED) is 0.428. The van der Waals surface area contributed by atoms with Crippen LogP contribution in [0.1, 0.15) is 12.5 Å². The SMILES string of the molecule is CCn1c(=O)c(C#N)c(-c2cn(-c3ccccc3)nc2-c2ccccc2)n2c(=S)[nH]nc12. The van der Waals surface area contributed by atoms with Gasteiger partial charge in [-0.15, -0.1) is 5.10 Å². The first-order valence-electron chi connectivity index (χ1n) is 9.99. The van der Waals surface area contributed by atoms with E-state index in [0.717, 1.165) is 11.3 Å². The maximum Gasteiger partial charge on any atom is 0.273 e. The molecule has 0 bridgehead atoms. The highest BCUT2D eigenvalue weighted by molar-refractivity contribution is 7.71. The monoisotopic (exact) mass is 439 g/mol. The van der Waals surface area contributed by atoms with Crippen LogP contribution in [0.25, 0.3) is 34.0 Å². The van der Waals surface area contributed by atoms with E-state index >= 15 is 0 Å². The summed E-state index contributed by atoms with van der Waals surface area (Å²) in [5, 5.41) is 21.8. The van der Waals surface area contributed by atoms with Gasteiger partial charge in [0.05, 0.1) is 11.4 Å². The van der Waals surface area contributed by atoms with Crippen molar-refractivity contribution in [3.63, 3.8) is 0 Å². The number of H-pyrrole nitrogens is 1. The van der Waals surface area contributed by atoms with E-state index in [9.17, 15) is 10.1 Å². The number of hydrogen-bond donors (Lipinski definition) is 1. The first-order valence-corrected chi connectivity index (χ1v) is 10.4. The molecule has 0 amide bonds. The maximum absolute atomic E-state index is 13.2. The molecule has 5 aromatic rings. The number of aromatic nitrogens is 6. The zero-order valence-corrected chi connectivity index (χ0v) is 17.9. The standard InChI is InChI=1S/C23H17N7OS/c1-2-28-21(31)17(13-24)20(30-22(28)25-26-23(30)32)18-14-29(16-11-7-4-8-12-16)27-19(18)15-9-5-3-6-10-15/h3-12,14H,2H2,1H3,(H,26,32). The van der Waals surface area contributed by atoms with Crippen LogP contribution in [0.3, 0.4) is 0 Å². The summed E-state index contributed by atoms with van der Waals surface area (Å²) in [5.74, 6) is 0.350. The molecule has 0 spiro atoms. The molecule has 5 rings (SSSR count). The van der Waals surface area contributed by atoms with E-state index in [4.69, 9.17) is 17.3 Å². The first-order chi connectivity index (χ1) is 15.6. The van der Waals surface area contributed by atoms with Crippen LogP contribution in [0.2, 0.25) is 0 Å². The Balaban J connectivity index is 1.94. The number of aryl methyl sites for hydroxylation is 1. The van der Waals surface area contributed by atoms with E-state index in [1.54, 1.807) is 9.08 Å². The van der Waals surface area contributed by atoms with E-state index in [1.165, 1.54) is 4.57 Å². The number of aromatic amines is 1. The average molecular weight is 440 g/mol. The van der Waals surface area contributed by atoms with Crippen molar-refractivity contribution in [2.45, 2.75) is 13.5 Å². The van der Waals surface area contributed by atoms with Gasteiger partial charge in [0.25, 0.3) is 5.56 Å². The van der Waals surface area contributed by atoms with Crippen molar-refractivity contribution in [2.75, 3.05) is 0 Å². The van der Waals surface area contributed by atoms with Gasteiger partial charge < -0.3 is 0 Å². The molecule has 0 saturated carbocycles. The Morgan fingerprint density at radius 2 is 1.78 bits per heavy atom. The lowest BCUT2D eigenvalue weighted by atomic mass is 10.0. The molecule has 32 heavy (non-hydrogen) atoms. The van der Waals surface area contributed by atoms with E-state index in [1.807, 2.05) is 73.8 Å². The van der Waals surface area contributed by atoms with Crippen LogP contribution >= 0.6 is 12.2 Å². The van der Waals surface area contributed by atoms with Gasteiger partial charge in [-0.1, -0.05) is 48.5 Å². The van der Waals surface area contributed by atoms with Crippen molar-refractivity contribution in [1.29, 1.82) is 5.26 Å². The van der Waals surface area contributed by atoms with Gasteiger partial charge in [0.15, 0.2) is 0 Å². The van der Waals surface area contributed by atoms with Crippen LogP contribution in [0, 0.1) is 16.1 Å². The second-order valence-corrected chi connectivity index (χ2v) is 7.47. The van der Waals surface area contributed by atoms with Crippen LogP contribution in [0.15, 0.2) is 71.7 Å². The van der Waals surface area contributed by atoms with Crippen molar-refractivity contribution >= 4 is 18.0 Å². The zero-order valence-electron chi connectivity index (χ0n) is 17.1. The zero-order chi connectivity index (χ0) is 22.2. The van der Waals surface area contributed by atoms with Gasteiger partial charge in [0.1, 0.15) is 17.3 Å². The van der Waals surface area contributed by atoms with Gasteiger partial charge in [-0.2, -0.15) is 10.4 Å². The number of nitrogens with zero attached hydrogens (tertiary/aromatic N) is 6. The lowest BCUT2D eigenvalue weighted by Crippen LogP contribution is -2.26. The van der Waals surface area contributed by atoms with E-state index in [2.05, 4.69) is 16.3 Å². The molecule has 0 aliphatic rings. The fraction of sp³-hybridized carbons (Fsp3) is 0.0870. The molecule has 2 aromatic carbocycles. The number of benzene rings is 2. The Labute approximate surface area is 187 Å². The van der Waals surface area contributed by atoms with Gasteiger partial charge >= 0.3 is 0 Å². The molecule has 3 aromatic heterocycles. The van der Waals surface area contributed by atoms with Crippen molar-refractivity contribution in [3.8, 4) is 34.3 Å². The Morgan fingerprint density at radius 1 is 1.09 bits per heavy atom. The first kappa shape index (κ1) is 19.7. The molecular weight excluding hydrogens is 422 g/mol. The molecule has 0 aliphatic heterocycles. The second kappa shape index (κ2) is 7.76. The fourth-order valence-corrected chi connectivity index (χ4v) is 4.04. The predicted octanol–water partition coefficient (Wildman–Crippen LogP) is 3.96. The Hall–Kier alpha value is -4.29. The summed E-state index contributed by atoms with van der Waals surface area (Å²) in [7, 11) is 0. The molecule has 0 saturated heterocycles. The summed E-state index contributed by atoms with van der Waals surface area (Å²) >= 11 is 5.49. The van der Waals surface area contributed by atoms with E-state index in [0.29, 0.717) is 34.0 Å². The average Bonchev–Trinajstić information content (AvgIpc) is 3.44. The molecule has 0 atom stereocenters. The second-order valence-electron chi connectivity index (χ2n) is 7.09. The Bertz CT molecular complexity index is 1600. The molecule has 1 N–H and O–H groups in total. The minimum atomic E-state index is -0.419. The molecule has 0 radical (unpaired) electrons. The third-order valence-electron chi connectivity index (χ3n) is 5.28. The normalized spacial score (nSPS) is 11.0. The molecule has 0 aliphatic carbocycles. The molecule has 0 fully saturated rings. The molecule has 156 valence electrons. The summed E-state index contributed by atoms with van der Waals surface area (Å²) in [5.41, 5.74) is 2.88. The maximum atomic E-state index is 13.2. The third-order valence-corrected chi connectivity index (χ3v) is 5.55. The van der Waals surface area contributed by atoms with Gasteiger partial charge in [-0.25, -0.2) is 9.78 Å². The minimum absolute atomic E-state index is 0.0124. The van der Waals surface area contributed by atoms with Crippen molar-refractivity contribution < 1.29 is 0 Å². The number of nitrogens with one attached hydrogen (secondary N) is 1. The summed E-state index contributed by atoms with van der Waals surface area (Å²) in [6.45, 7) is 2.18. The summed E-state index contributed by atoms with van der Waals surface area (Å²) in [6.07, 6.45) is 1.82. The van der Waals surface area contributed by atoms with Crippen LogP contribution in [-0.2, 0) is 6.54 Å². The van der Waals surface area contributed by atoms with E-state index in [-0.39, 0.29) is 5.56 Å². The molecule has 3 heterocycles. The van der Waals surface area contributed by atoms with Gasteiger partial charge in [-0.05, 0) is 31.3 Å². The number of nitriles is 1. The van der Waals surface area contributed by atoms with Crippen molar-refractivity contribution in [1.82, 2.24) is 28.9 Å². The summed E-state index contributed by atoms with van der Waals surface area (Å²) in [4.78, 5) is 13.2. The fourth-order valence-electron chi connectivity index (χ4n) is 3.82. The number of hydrogen-bond acceptors (Lipinski definition) is 5. The van der Waals surface area contributed by atoms with E-state index < -0.39 is 5.56 Å². The molecule has 0 unspecified atom stereocenters. The van der Waals surface area contributed by atoms with Crippen LogP contribution < -0.4 is 5.56 Å². The third kappa shape index (κ3) is 2.97. The molecular formula is C23H17N7OS.